The highest BCUT2D eigenvalue weighted by molar-refractivity contribution is 7.92. The maximum Gasteiger partial charge on any atom is 0.303 e. The van der Waals surface area contributed by atoms with Gasteiger partial charge < -0.3 is 23.7 Å². The van der Waals surface area contributed by atoms with E-state index in [-0.39, 0.29) is 4.90 Å². The summed E-state index contributed by atoms with van der Waals surface area (Å²) in [5.74, 6) is -3.57. The van der Waals surface area contributed by atoms with Crippen LogP contribution in [0.25, 0.3) is 0 Å². The molecule has 0 aliphatic carbocycles. The fourth-order valence-corrected chi connectivity index (χ4v) is 5.54. The molecule has 5 atom stereocenters. The summed E-state index contributed by atoms with van der Waals surface area (Å²) in [4.78, 5) is 46.0. The number of sulfone groups is 1. The first kappa shape index (κ1) is 29.2. The first-order valence-corrected chi connectivity index (χ1v) is 13.3. The summed E-state index contributed by atoms with van der Waals surface area (Å²) >= 11 is 0. The second-order valence-electron chi connectivity index (χ2n) is 7.63. The summed E-state index contributed by atoms with van der Waals surface area (Å²) in [6.07, 6.45) is -6.54. The van der Waals surface area contributed by atoms with Crippen molar-refractivity contribution in [3.63, 3.8) is 0 Å². The molecule has 36 heavy (non-hydrogen) atoms. The van der Waals surface area contributed by atoms with Crippen LogP contribution in [0.5, 0.6) is 0 Å². The summed E-state index contributed by atoms with van der Waals surface area (Å²) in [5.41, 5.74) is -2.06. The van der Waals surface area contributed by atoms with Gasteiger partial charge in [0.1, 0.15) is 12.7 Å². The Morgan fingerprint density at radius 1 is 0.750 bits per heavy atom. The molecule has 1 aromatic rings. The van der Waals surface area contributed by atoms with Gasteiger partial charge in [0.25, 0.3) is 0 Å². The van der Waals surface area contributed by atoms with E-state index in [9.17, 15) is 36.0 Å². The van der Waals surface area contributed by atoms with Crippen LogP contribution < -0.4 is 5.14 Å². The molecule has 1 aliphatic heterocycles. The lowest BCUT2D eigenvalue weighted by molar-refractivity contribution is -0.238. The predicted molar refractivity (Wildman–Crippen MR) is 117 cm³/mol. The van der Waals surface area contributed by atoms with Gasteiger partial charge in [-0.1, -0.05) is 0 Å². The van der Waals surface area contributed by atoms with E-state index in [2.05, 4.69) is 0 Å². The van der Waals surface area contributed by atoms with Crippen molar-refractivity contribution in [2.45, 2.75) is 67.3 Å². The Morgan fingerprint density at radius 2 is 1.19 bits per heavy atom. The number of benzene rings is 1. The van der Waals surface area contributed by atoms with Gasteiger partial charge in [0.2, 0.25) is 25.3 Å². The van der Waals surface area contributed by atoms with Gasteiger partial charge in [-0.15, -0.1) is 0 Å². The van der Waals surface area contributed by atoms with Gasteiger partial charge in [-0.2, -0.15) is 0 Å². The highest BCUT2D eigenvalue weighted by Gasteiger charge is 2.56. The molecule has 0 saturated carbocycles. The Morgan fingerprint density at radius 3 is 1.64 bits per heavy atom. The van der Waals surface area contributed by atoms with Crippen molar-refractivity contribution >= 4 is 43.7 Å². The number of primary sulfonamides is 1. The Bertz CT molecular complexity index is 1220. The van der Waals surface area contributed by atoms with Gasteiger partial charge in [-0.3, -0.25) is 19.2 Å². The molecular weight excluding hydrogens is 526 g/mol. The van der Waals surface area contributed by atoms with Crippen LogP contribution in [-0.2, 0) is 62.7 Å². The highest BCUT2D eigenvalue weighted by atomic mass is 32.2. The number of ether oxygens (including phenoxy) is 5. The van der Waals surface area contributed by atoms with E-state index in [4.69, 9.17) is 28.8 Å². The van der Waals surface area contributed by atoms with Gasteiger partial charge in [-0.05, 0) is 24.3 Å². The lowest BCUT2D eigenvalue weighted by Crippen LogP contribution is -2.64. The minimum atomic E-state index is -4.62. The number of carbonyl (C=O) groups is 4. The van der Waals surface area contributed by atoms with Gasteiger partial charge in [0, 0.05) is 27.7 Å². The summed E-state index contributed by atoms with van der Waals surface area (Å²) in [5, 5.41) is 5.04. The van der Waals surface area contributed by atoms with Crippen LogP contribution in [0.2, 0.25) is 0 Å². The van der Waals surface area contributed by atoms with E-state index in [0.717, 1.165) is 52.0 Å². The van der Waals surface area contributed by atoms with Gasteiger partial charge in [-0.25, -0.2) is 22.0 Å². The fourth-order valence-electron chi connectivity index (χ4n) is 3.39. The second-order valence-corrected chi connectivity index (χ2v) is 11.2. The Hall–Kier alpha value is -3.08. The van der Waals surface area contributed by atoms with Crippen LogP contribution >= 0.6 is 0 Å². The quantitative estimate of drug-likeness (QED) is 0.310. The summed E-state index contributed by atoms with van der Waals surface area (Å²) in [6.45, 7) is 3.41. The smallest absolute Gasteiger partial charge is 0.303 e. The number of rotatable bonds is 8. The number of hydrogen-bond acceptors (Lipinski definition) is 13. The third-order valence-electron chi connectivity index (χ3n) is 4.73. The van der Waals surface area contributed by atoms with Crippen molar-refractivity contribution in [2.24, 2.45) is 5.14 Å². The van der Waals surface area contributed by atoms with Crippen molar-refractivity contribution in [1.82, 2.24) is 0 Å². The number of hydrogen-bond donors (Lipinski definition) is 1. The molecule has 1 aliphatic rings. The van der Waals surface area contributed by atoms with Crippen molar-refractivity contribution in [1.29, 1.82) is 0 Å². The van der Waals surface area contributed by atoms with E-state index < -0.39 is 85.1 Å². The van der Waals surface area contributed by atoms with Crippen LogP contribution in [0.1, 0.15) is 27.7 Å². The van der Waals surface area contributed by atoms with Crippen molar-refractivity contribution in [3.8, 4) is 0 Å². The van der Waals surface area contributed by atoms with E-state index in [1.807, 2.05) is 0 Å². The average Bonchev–Trinajstić information content (AvgIpc) is 2.73. The Balaban J connectivity index is 2.65. The standard InChI is InChI=1S/C20H25NO13S2/c1-10(22)30-9-16-17(31-11(2)23)18(32-12(3)24)19(33-13(4)25)20(34-16)35(26,27)14-5-7-15(8-6-14)36(21,28)29/h5-8,16-20H,9H2,1-4H3,(H2,21,28,29)/t16-,17-,18+,19-,20+/m1/s1. The largest absolute Gasteiger partial charge is 0.463 e. The van der Waals surface area contributed by atoms with Gasteiger partial charge in [0.15, 0.2) is 18.3 Å². The Kier molecular flexibility index (Phi) is 9.17. The van der Waals surface area contributed by atoms with Crippen LogP contribution in [0.3, 0.4) is 0 Å². The lowest BCUT2D eigenvalue weighted by Gasteiger charge is -2.43. The molecule has 1 aromatic carbocycles. The molecule has 1 heterocycles. The summed E-state index contributed by atoms with van der Waals surface area (Å²) in [7, 11) is -8.75. The molecule has 1 saturated heterocycles. The number of carbonyl (C=O) groups excluding carboxylic acids is 4. The van der Waals surface area contributed by atoms with Gasteiger partial charge in [0.05, 0.1) is 9.79 Å². The molecule has 0 spiro atoms. The molecule has 0 aromatic heterocycles. The minimum Gasteiger partial charge on any atom is -0.463 e. The van der Waals surface area contributed by atoms with Crippen LogP contribution in [-0.4, -0.2) is 77.2 Å². The molecule has 2 N–H and O–H groups in total. The van der Waals surface area contributed by atoms with E-state index in [0.29, 0.717) is 0 Å². The monoisotopic (exact) mass is 551 g/mol. The molecule has 1 fully saturated rings. The molecule has 2 rings (SSSR count). The molecule has 16 heteroatoms. The van der Waals surface area contributed by atoms with E-state index in [1.54, 1.807) is 0 Å². The number of esters is 4. The average molecular weight is 552 g/mol. The molecule has 200 valence electrons. The summed E-state index contributed by atoms with van der Waals surface area (Å²) in [6, 6.07) is 3.74. The zero-order chi connectivity index (χ0) is 27.4. The number of sulfonamides is 1. The zero-order valence-electron chi connectivity index (χ0n) is 19.6. The van der Waals surface area contributed by atoms with Crippen LogP contribution in [0.15, 0.2) is 34.1 Å². The number of nitrogens with two attached hydrogens (primary N) is 1. The molecule has 0 unspecified atom stereocenters. The predicted octanol–water partition coefficient (Wildman–Crippen LogP) is -0.809. The third kappa shape index (κ3) is 7.22. The van der Waals surface area contributed by atoms with Gasteiger partial charge >= 0.3 is 23.9 Å². The normalized spacial score (nSPS) is 24.3. The molecule has 0 amide bonds. The molecule has 14 nitrogen and oxygen atoms in total. The maximum atomic E-state index is 13.5. The highest BCUT2D eigenvalue weighted by Crippen LogP contribution is 2.34. The minimum absolute atomic E-state index is 0.372. The maximum absolute atomic E-state index is 13.5. The first-order valence-electron chi connectivity index (χ1n) is 10.2. The zero-order valence-corrected chi connectivity index (χ0v) is 21.2. The van der Waals surface area contributed by atoms with Crippen molar-refractivity contribution in [2.75, 3.05) is 6.61 Å². The molecule has 0 bridgehead atoms. The van der Waals surface area contributed by atoms with E-state index >= 15 is 0 Å². The fraction of sp³-hybridized carbons (Fsp3) is 0.500. The lowest BCUT2D eigenvalue weighted by atomic mass is 9.99. The van der Waals surface area contributed by atoms with Crippen LogP contribution in [0, 0.1) is 0 Å². The molecular formula is C20H25NO13S2. The third-order valence-corrected chi connectivity index (χ3v) is 7.58. The SMILES string of the molecule is CC(=O)OC[C@H]1O[C@@H](S(=O)(=O)c2ccc(S(N)(=O)=O)cc2)[C@H](OC(C)=O)[C@@H](OC(C)=O)[C@@H]1OC(C)=O. The van der Waals surface area contributed by atoms with Crippen molar-refractivity contribution < 1.29 is 59.7 Å². The van der Waals surface area contributed by atoms with Crippen molar-refractivity contribution in [3.05, 3.63) is 24.3 Å². The van der Waals surface area contributed by atoms with E-state index in [1.165, 1.54) is 0 Å². The summed E-state index contributed by atoms with van der Waals surface area (Å²) < 4.78 is 76.2. The Labute approximate surface area is 206 Å². The topological polar surface area (TPSA) is 209 Å². The molecule has 0 radical (unpaired) electrons. The first-order chi connectivity index (χ1) is 16.5. The second kappa shape index (κ2) is 11.3. The van der Waals surface area contributed by atoms with Crippen LogP contribution in [0.4, 0.5) is 0 Å².